The van der Waals surface area contributed by atoms with Crippen LogP contribution in [0.5, 0.6) is 0 Å². The lowest BCUT2D eigenvalue weighted by Gasteiger charge is -2.13. The maximum absolute atomic E-state index is 11.5. The molecule has 0 aromatic rings. The smallest absolute Gasteiger partial charge is 0.331 e. The molecule has 0 amide bonds. The van der Waals surface area contributed by atoms with E-state index in [9.17, 15) is 4.79 Å². The highest BCUT2D eigenvalue weighted by molar-refractivity contribution is 5.82. The number of carbonyl (C=O) groups excluding carboxylic acids is 1. The number of hydrogen-bond acceptors (Lipinski definition) is 2. The molecule has 0 saturated carbocycles. The Morgan fingerprint density at radius 3 is 2.35 bits per heavy atom. The van der Waals surface area contributed by atoms with Crippen LogP contribution in [0.4, 0.5) is 0 Å². The molecule has 1 atom stereocenters. The van der Waals surface area contributed by atoms with E-state index in [1.165, 1.54) is 6.08 Å². The largest absolute Gasteiger partial charge is 0.446 e. The zero-order valence-corrected chi connectivity index (χ0v) is 11.5. The average Bonchev–Trinajstić information content (AvgIpc) is 2.11. The molecular formula is C15H22O2. The second-order valence-corrected chi connectivity index (χ2v) is 4.83. The Balaban J connectivity index is 4.61. The van der Waals surface area contributed by atoms with Gasteiger partial charge in [-0.15, -0.1) is 0 Å². The molecule has 2 nitrogen and oxygen atoms in total. The highest BCUT2D eigenvalue weighted by Crippen LogP contribution is 2.09. The summed E-state index contributed by atoms with van der Waals surface area (Å²) in [6.07, 6.45) is 1.87. The topological polar surface area (TPSA) is 26.3 Å². The van der Waals surface area contributed by atoms with E-state index in [1.807, 2.05) is 20.8 Å². The Morgan fingerprint density at radius 2 is 1.94 bits per heavy atom. The Kier molecular flexibility index (Phi) is 7.05. The Hall–Kier alpha value is -1.49. The van der Waals surface area contributed by atoms with Gasteiger partial charge in [-0.25, -0.2) is 4.79 Å². The molecule has 17 heavy (non-hydrogen) atoms. The molecule has 0 rings (SSSR count). The van der Waals surface area contributed by atoms with Gasteiger partial charge in [0.05, 0.1) is 0 Å². The number of hydrogen-bond donors (Lipinski definition) is 0. The molecule has 0 fully saturated rings. The zero-order chi connectivity index (χ0) is 13.4. The Bertz CT molecular complexity index is 360. The van der Waals surface area contributed by atoms with Crippen LogP contribution in [-0.2, 0) is 9.53 Å². The maximum atomic E-state index is 11.5. The number of esters is 1. The van der Waals surface area contributed by atoms with Crippen LogP contribution in [0, 0.1) is 17.8 Å². The third kappa shape index (κ3) is 9.44. The van der Waals surface area contributed by atoms with Crippen molar-refractivity contribution < 1.29 is 9.53 Å². The van der Waals surface area contributed by atoms with Crippen LogP contribution >= 0.6 is 0 Å². The van der Waals surface area contributed by atoms with Crippen molar-refractivity contribution in [3.05, 3.63) is 23.8 Å². The van der Waals surface area contributed by atoms with Gasteiger partial charge in [-0.2, -0.15) is 0 Å². The molecule has 0 aromatic carbocycles. The SMILES string of the molecule is C=C(C)C#CC(CC(C)C)OC(=O)C=C(C)C. The first kappa shape index (κ1) is 15.5. The van der Waals surface area contributed by atoms with Crippen LogP contribution in [0.3, 0.4) is 0 Å². The fraction of sp³-hybridized carbons (Fsp3) is 0.533. The van der Waals surface area contributed by atoms with Crippen molar-refractivity contribution in [3.8, 4) is 11.8 Å². The van der Waals surface area contributed by atoms with Gasteiger partial charge in [0.2, 0.25) is 0 Å². The van der Waals surface area contributed by atoms with Crippen LogP contribution in [-0.4, -0.2) is 12.1 Å². The van der Waals surface area contributed by atoms with Gasteiger partial charge >= 0.3 is 5.97 Å². The predicted octanol–water partition coefficient (Wildman–Crippen LogP) is 3.49. The van der Waals surface area contributed by atoms with Crippen molar-refractivity contribution in [3.63, 3.8) is 0 Å². The molecule has 0 heterocycles. The fourth-order valence-electron chi connectivity index (χ4n) is 1.18. The highest BCUT2D eigenvalue weighted by Gasteiger charge is 2.12. The molecule has 0 aliphatic heterocycles. The number of ether oxygens (including phenoxy) is 1. The van der Waals surface area contributed by atoms with Gasteiger partial charge in [0.25, 0.3) is 0 Å². The van der Waals surface area contributed by atoms with Gasteiger partial charge in [-0.1, -0.05) is 37.8 Å². The van der Waals surface area contributed by atoms with Gasteiger partial charge in [-0.3, -0.25) is 0 Å². The lowest BCUT2D eigenvalue weighted by Crippen LogP contribution is -2.17. The predicted molar refractivity (Wildman–Crippen MR) is 71.4 cm³/mol. The highest BCUT2D eigenvalue weighted by atomic mass is 16.5. The van der Waals surface area contributed by atoms with Crippen LogP contribution < -0.4 is 0 Å². The van der Waals surface area contributed by atoms with E-state index in [1.54, 1.807) is 0 Å². The minimum absolute atomic E-state index is 0.327. The minimum atomic E-state index is -0.352. The Morgan fingerprint density at radius 1 is 1.35 bits per heavy atom. The molecule has 0 bridgehead atoms. The molecule has 2 heteroatoms. The molecule has 1 unspecified atom stereocenters. The van der Waals surface area contributed by atoms with E-state index < -0.39 is 0 Å². The third-order valence-corrected chi connectivity index (χ3v) is 1.80. The maximum Gasteiger partial charge on any atom is 0.331 e. The van der Waals surface area contributed by atoms with Gasteiger partial charge in [0.1, 0.15) is 0 Å². The summed E-state index contributed by atoms with van der Waals surface area (Å²) in [6.45, 7) is 13.4. The van der Waals surface area contributed by atoms with Crippen molar-refractivity contribution in [2.24, 2.45) is 5.92 Å². The summed E-state index contributed by atoms with van der Waals surface area (Å²) >= 11 is 0. The second kappa shape index (κ2) is 7.73. The first-order valence-corrected chi connectivity index (χ1v) is 5.83. The minimum Gasteiger partial charge on any atom is -0.446 e. The van der Waals surface area contributed by atoms with Crippen molar-refractivity contribution in [2.75, 3.05) is 0 Å². The van der Waals surface area contributed by atoms with Crippen molar-refractivity contribution in [1.29, 1.82) is 0 Å². The normalized spacial score (nSPS) is 11.2. The Labute approximate surface area is 105 Å². The van der Waals surface area contributed by atoms with Crippen molar-refractivity contribution in [2.45, 2.75) is 47.1 Å². The molecule has 0 saturated heterocycles. The average molecular weight is 234 g/mol. The zero-order valence-electron chi connectivity index (χ0n) is 11.5. The van der Waals surface area contributed by atoms with Crippen LogP contribution in [0.25, 0.3) is 0 Å². The number of rotatable bonds is 4. The van der Waals surface area contributed by atoms with E-state index in [0.717, 1.165) is 17.6 Å². The second-order valence-electron chi connectivity index (χ2n) is 4.83. The van der Waals surface area contributed by atoms with E-state index >= 15 is 0 Å². The quantitative estimate of drug-likeness (QED) is 0.423. The molecule has 94 valence electrons. The molecule has 0 N–H and O–H groups in total. The van der Waals surface area contributed by atoms with Crippen LogP contribution in [0.15, 0.2) is 23.8 Å². The summed E-state index contributed by atoms with van der Waals surface area (Å²) in [6, 6.07) is 0. The van der Waals surface area contributed by atoms with E-state index in [-0.39, 0.29) is 12.1 Å². The summed E-state index contributed by atoms with van der Waals surface area (Å²) in [4.78, 5) is 11.5. The van der Waals surface area contributed by atoms with Gasteiger partial charge in [0.15, 0.2) is 6.10 Å². The van der Waals surface area contributed by atoms with Gasteiger partial charge in [0, 0.05) is 6.08 Å². The van der Waals surface area contributed by atoms with E-state index in [4.69, 9.17) is 4.74 Å². The molecule has 0 aliphatic rings. The monoisotopic (exact) mass is 234 g/mol. The molecule has 0 spiro atoms. The van der Waals surface area contributed by atoms with Gasteiger partial charge < -0.3 is 4.74 Å². The molecular weight excluding hydrogens is 212 g/mol. The number of carbonyl (C=O) groups is 1. The molecule has 0 radical (unpaired) electrons. The third-order valence-electron chi connectivity index (χ3n) is 1.80. The fourth-order valence-corrected chi connectivity index (χ4v) is 1.18. The van der Waals surface area contributed by atoms with Crippen molar-refractivity contribution >= 4 is 5.97 Å². The van der Waals surface area contributed by atoms with Crippen LogP contribution in [0.1, 0.15) is 41.0 Å². The lowest BCUT2D eigenvalue weighted by molar-refractivity contribution is -0.141. The number of allylic oxidation sites excluding steroid dienone is 2. The van der Waals surface area contributed by atoms with Crippen LogP contribution in [0.2, 0.25) is 0 Å². The summed E-state index contributed by atoms with van der Waals surface area (Å²) in [7, 11) is 0. The van der Waals surface area contributed by atoms with E-state index in [0.29, 0.717) is 5.92 Å². The summed E-state index contributed by atoms with van der Waals surface area (Å²) in [5, 5.41) is 0. The summed E-state index contributed by atoms with van der Waals surface area (Å²) in [5.74, 6) is 5.90. The molecule has 0 aromatic heterocycles. The van der Waals surface area contributed by atoms with E-state index in [2.05, 4.69) is 32.3 Å². The van der Waals surface area contributed by atoms with Crippen molar-refractivity contribution in [1.82, 2.24) is 0 Å². The first-order chi connectivity index (χ1) is 7.81. The lowest BCUT2D eigenvalue weighted by atomic mass is 10.1. The molecule has 0 aliphatic carbocycles. The first-order valence-electron chi connectivity index (χ1n) is 5.83. The summed E-state index contributed by atoms with van der Waals surface area (Å²) in [5.41, 5.74) is 1.70. The van der Waals surface area contributed by atoms with Gasteiger partial charge in [-0.05, 0) is 38.7 Å². The standard InChI is InChI=1S/C15H22O2/c1-11(2)7-8-14(9-12(3)4)17-15(16)10-13(5)6/h10,12,14H,1,9H2,2-6H3. The summed E-state index contributed by atoms with van der Waals surface area (Å²) < 4.78 is 5.29.